The SMILES string of the molecule is CN1CCC[C@H]1COc1cc(NC(=O)c2cccnc2NCc2ccnc3[nH]ccc23)ccc1C(F)(F)C(F)(F)F. The van der Waals surface area contributed by atoms with E-state index in [0.29, 0.717) is 18.3 Å². The molecule has 1 aliphatic rings. The van der Waals surface area contributed by atoms with Crippen LogP contribution in [-0.2, 0) is 12.5 Å². The monoisotopic (exact) mass is 574 g/mol. The number of ether oxygens (including phenoxy) is 1. The zero-order valence-corrected chi connectivity index (χ0v) is 21.9. The molecule has 8 nitrogen and oxygen atoms in total. The van der Waals surface area contributed by atoms with E-state index in [-0.39, 0.29) is 29.7 Å². The summed E-state index contributed by atoms with van der Waals surface area (Å²) in [5.74, 6) is -6.18. The number of amides is 1. The molecule has 13 heteroatoms. The molecule has 0 radical (unpaired) electrons. The number of likely N-dealkylation sites (tertiary alicyclic amines) is 1. The topological polar surface area (TPSA) is 95.2 Å². The summed E-state index contributed by atoms with van der Waals surface area (Å²) in [6, 6.07) is 9.26. The number of fused-ring (bicyclic) bond motifs is 1. The van der Waals surface area contributed by atoms with Crippen LogP contribution in [0.25, 0.3) is 11.0 Å². The number of nitrogens with zero attached hydrogens (tertiary/aromatic N) is 3. The van der Waals surface area contributed by atoms with Gasteiger partial charge in [-0.05, 0) is 68.4 Å². The molecule has 0 saturated carbocycles. The normalized spacial score (nSPS) is 16.2. The fourth-order valence-corrected chi connectivity index (χ4v) is 4.79. The Morgan fingerprint density at radius 2 is 1.95 bits per heavy atom. The number of alkyl halides is 5. The Hall–Kier alpha value is -4.26. The van der Waals surface area contributed by atoms with Crippen LogP contribution in [-0.4, -0.2) is 58.2 Å². The number of benzene rings is 1. The molecule has 0 spiro atoms. The molecule has 0 bridgehead atoms. The molecule has 41 heavy (non-hydrogen) atoms. The van der Waals surface area contributed by atoms with E-state index < -0.39 is 29.3 Å². The van der Waals surface area contributed by atoms with Gasteiger partial charge in [-0.1, -0.05) is 0 Å². The number of likely N-dealkylation sites (N-methyl/N-ethyl adjacent to an activating group) is 1. The van der Waals surface area contributed by atoms with Crippen LogP contribution >= 0.6 is 0 Å². The Morgan fingerprint density at radius 1 is 1.12 bits per heavy atom. The van der Waals surface area contributed by atoms with Crippen molar-refractivity contribution in [2.75, 3.05) is 30.8 Å². The second-order valence-corrected chi connectivity index (χ2v) is 9.79. The highest BCUT2D eigenvalue weighted by Crippen LogP contribution is 2.47. The number of H-pyrrole nitrogens is 1. The number of carbonyl (C=O) groups excluding carboxylic acids is 1. The summed E-state index contributed by atoms with van der Waals surface area (Å²) in [4.78, 5) is 26.7. The van der Waals surface area contributed by atoms with Gasteiger partial charge in [0.05, 0.1) is 11.1 Å². The van der Waals surface area contributed by atoms with Crippen molar-refractivity contribution in [2.45, 2.75) is 37.5 Å². The zero-order chi connectivity index (χ0) is 29.2. The largest absolute Gasteiger partial charge is 0.491 e. The second-order valence-electron chi connectivity index (χ2n) is 9.79. The van der Waals surface area contributed by atoms with Gasteiger partial charge in [0.2, 0.25) is 0 Å². The number of aromatic amines is 1. The first-order chi connectivity index (χ1) is 19.5. The lowest BCUT2D eigenvalue weighted by Crippen LogP contribution is -2.35. The first-order valence-corrected chi connectivity index (χ1v) is 12.9. The quantitative estimate of drug-likeness (QED) is 0.214. The fourth-order valence-electron chi connectivity index (χ4n) is 4.79. The average molecular weight is 575 g/mol. The molecule has 1 saturated heterocycles. The van der Waals surface area contributed by atoms with Gasteiger partial charge in [-0.25, -0.2) is 9.97 Å². The summed E-state index contributed by atoms with van der Waals surface area (Å²) in [7, 11) is 1.83. The fraction of sp³-hybridized carbons (Fsp3) is 0.321. The molecule has 4 aromatic rings. The maximum absolute atomic E-state index is 14.4. The van der Waals surface area contributed by atoms with Gasteiger partial charge < -0.3 is 25.3 Å². The lowest BCUT2D eigenvalue weighted by Gasteiger charge is -2.25. The van der Waals surface area contributed by atoms with Crippen LogP contribution in [0.5, 0.6) is 5.75 Å². The van der Waals surface area contributed by atoms with E-state index in [9.17, 15) is 26.7 Å². The Labute approximate surface area is 231 Å². The van der Waals surface area contributed by atoms with Crippen molar-refractivity contribution in [3.63, 3.8) is 0 Å². The van der Waals surface area contributed by atoms with Crippen molar-refractivity contribution in [2.24, 2.45) is 0 Å². The molecule has 1 fully saturated rings. The Balaban J connectivity index is 1.37. The number of nitrogens with one attached hydrogen (secondary N) is 3. The minimum atomic E-state index is -5.82. The molecule has 216 valence electrons. The summed E-state index contributed by atoms with van der Waals surface area (Å²) in [5, 5.41) is 6.59. The number of pyridine rings is 2. The highest BCUT2D eigenvalue weighted by atomic mass is 19.4. The average Bonchev–Trinajstić information content (AvgIpc) is 3.59. The lowest BCUT2D eigenvalue weighted by atomic mass is 10.1. The van der Waals surface area contributed by atoms with Gasteiger partial charge in [0.15, 0.2) is 0 Å². The van der Waals surface area contributed by atoms with Crippen molar-refractivity contribution in [1.29, 1.82) is 0 Å². The van der Waals surface area contributed by atoms with E-state index >= 15 is 0 Å². The van der Waals surface area contributed by atoms with Crippen molar-refractivity contribution in [3.05, 3.63) is 77.7 Å². The minimum Gasteiger partial charge on any atom is -0.491 e. The van der Waals surface area contributed by atoms with Gasteiger partial charge in [-0.3, -0.25) is 4.79 Å². The summed E-state index contributed by atoms with van der Waals surface area (Å²) < 4.78 is 74.0. The third-order valence-electron chi connectivity index (χ3n) is 7.09. The standard InChI is InChI=1S/C28H27F5N6O2/c1-39-13-3-4-19(39)16-41-23-14-18(6-7-22(23)27(29,30)28(31,32)33)38-26(40)21-5-2-10-34-25(21)37-15-17-8-11-35-24-20(17)9-12-36-24/h2,5-12,14,19H,3-4,13,15-16H2,1H3,(H,34,37)(H,35,36)(H,38,40)/t19-/m0/s1. The van der Waals surface area contributed by atoms with Crippen LogP contribution in [0, 0.1) is 0 Å². The smallest absolute Gasteiger partial charge is 0.458 e. The predicted molar refractivity (Wildman–Crippen MR) is 143 cm³/mol. The first-order valence-electron chi connectivity index (χ1n) is 12.9. The summed E-state index contributed by atoms with van der Waals surface area (Å²) in [6.45, 7) is 1.02. The Bertz CT molecular complexity index is 1540. The van der Waals surface area contributed by atoms with Gasteiger partial charge in [0, 0.05) is 48.3 Å². The third kappa shape index (κ3) is 5.94. The molecule has 3 N–H and O–H groups in total. The van der Waals surface area contributed by atoms with Gasteiger partial charge in [0.25, 0.3) is 5.91 Å². The number of carbonyl (C=O) groups is 1. The van der Waals surface area contributed by atoms with Crippen LogP contribution in [0.2, 0.25) is 0 Å². The maximum Gasteiger partial charge on any atom is 0.458 e. The van der Waals surface area contributed by atoms with E-state index in [1.54, 1.807) is 18.5 Å². The van der Waals surface area contributed by atoms with Crippen LogP contribution in [0.1, 0.15) is 34.3 Å². The van der Waals surface area contributed by atoms with E-state index in [1.807, 2.05) is 24.1 Å². The van der Waals surface area contributed by atoms with Crippen LogP contribution in [0.15, 0.2) is 61.1 Å². The van der Waals surface area contributed by atoms with Crippen LogP contribution < -0.4 is 15.4 Å². The number of hydrogen-bond donors (Lipinski definition) is 3. The molecule has 1 aromatic carbocycles. The van der Waals surface area contributed by atoms with Gasteiger partial charge in [-0.2, -0.15) is 22.0 Å². The van der Waals surface area contributed by atoms with Crippen molar-refractivity contribution in [1.82, 2.24) is 19.9 Å². The molecule has 0 unspecified atom stereocenters. The van der Waals surface area contributed by atoms with Crippen molar-refractivity contribution >= 4 is 28.4 Å². The lowest BCUT2D eigenvalue weighted by molar-refractivity contribution is -0.289. The zero-order valence-electron chi connectivity index (χ0n) is 21.9. The molecular formula is C28H27F5N6O2. The summed E-state index contributed by atoms with van der Waals surface area (Å²) in [6.07, 6.45) is 0.683. The first kappa shape index (κ1) is 28.3. The number of rotatable bonds is 9. The van der Waals surface area contributed by atoms with Gasteiger partial charge >= 0.3 is 12.1 Å². The molecular weight excluding hydrogens is 547 g/mol. The number of anilines is 2. The molecule has 1 atom stereocenters. The van der Waals surface area contributed by atoms with Crippen LogP contribution in [0.3, 0.4) is 0 Å². The Kier molecular flexibility index (Phi) is 7.80. The predicted octanol–water partition coefficient (Wildman–Crippen LogP) is 5.95. The number of aromatic nitrogens is 3. The molecule has 1 aliphatic heterocycles. The third-order valence-corrected chi connectivity index (χ3v) is 7.09. The second kappa shape index (κ2) is 11.3. The van der Waals surface area contributed by atoms with E-state index in [2.05, 4.69) is 25.6 Å². The van der Waals surface area contributed by atoms with E-state index in [0.717, 1.165) is 42.5 Å². The Morgan fingerprint density at radius 3 is 2.71 bits per heavy atom. The molecule has 5 rings (SSSR count). The van der Waals surface area contributed by atoms with Crippen LogP contribution in [0.4, 0.5) is 33.5 Å². The highest BCUT2D eigenvalue weighted by molar-refractivity contribution is 6.07. The van der Waals surface area contributed by atoms with Gasteiger partial charge in [-0.15, -0.1) is 0 Å². The summed E-state index contributed by atoms with van der Waals surface area (Å²) >= 11 is 0. The summed E-state index contributed by atoms with van der Waals surface area (Å²) in [5.41, 5.74) is 0.432. The molecule has 0 aliphatic carbocycles. The maximum atomic E-state index is 14.4. The molecule has 3 aromatic heterocycles. The van der Waals surface area contributed by atoms with E-state index in [4.69, 9.17) is 4.74 Å². The molecule has 1 amide bonds. The number of halogens is 5. The van der Waals surface area contributed by atoms with Gasteiger partial charge in [0.1, 0.15) is 23.8 Å². The molecule has 4 heterocycles. The number of hydrogen-bond acceptors (Lipinski definition) is 6. The van der Waals surface area contributed by atoms with Crippen molar-refractivity contribution in [3.8, 4) is 5.75 Å². The van der Waals surface area contributed by atoms with E-state index in [1.165, 1.54) is 12.3 Å². The highest BCUT2D eigenvalue weighted by Gasteiger charge is 2.60. The minimum absolute atomic E-state index is 0.00975. The van der Waals surface area contributed by atoms with Crippen molar-refractivity contribution < 1.29 is 31.5 Å².